The maximum absolute atomic E-state index is 14.6. The summed E-state index contributed by atoms with van der Waals surface area (Å²) in [7, 11) is 1.87. The van der Waals surface area contributed by atoms with Crippen LogP contribution < -0.4 is 5.32 Å². The zero-order chi connectivity index (χ0) is 16.2. The van der Waals surface area contributed by atoms with Crippen LogP contribution in [0.5, 0.6) is 0 Å². The van der Waals surface area contributed by atoms with Crippen molar-refractivity contribution in [1.29, 1.82) is 0 Å². The molecule has 0 saturated carbocycles. The third-order valence-corrected chi connectivity index (χ3v) is 5.75. The molecule has 5 heteroatoms. The van der Waals surface area contributed by atoms with Crippen molar-refractivity contribution in [2.24, 2.45) is 0 Å². The van der Waals surface area contributed by atoms with Crippen LogP contribution in [0.3, 0.4) is 0 Å². The molecular formula is C16H25BrClFN2. The number of halogens is 3. The highest BCUT2D eigenvalue weighted by molar-refractivity contribution is 9.10. The molecule has 2 nitrogen and oxygen atoms in total. The van der Waals surface area contributed by atoms with Crippen LogP contribution in [0.25, 0.3) is 0 Å². The minimum atomic E-state index is -0.350. The molecule has 2 unspecified atom stereocenters. The standard InChI is InChI=1S/C16H25BrClFN2/c1-6-16(4,21(7-2)8-3)15(20-5)11-9-10-12(17)13(18)14(11)19/h9-10,15,20H,6-8H2,1-5H3. The Hall–Kier alpha value is -0.160. The summed E-state index contributed by atoms with van der Waals surface area (Å²) in [5, 5.41) is 3.44. The van der Waals surface area contributed by atoms with E-state index < -0.39 is 0 Å². The first-order valence-corrected chi connectivity index (χ1v) is 8.60. The molecule has 0 aliphatic carbocycles. The zero-order valence-corrected chi connectivity index (χ0v) is 15.8. The van der Waals surface area contributed by atoms with E-state index in [4.69, 9.17) is 11.6 Å². The Morgan fingerprint density at radius 2 is 1.90 bits per heavy atom. The molecule has 0 aliphatic rings. The molecule has 0 aromatic heterocycles. The van der Waals surface area contributed by atoms with E-state index in [1.54, 1.807) is 0 Å². The summed E-state index contributed by atoms with van der Waals surface area (Å²) in [6.45, 7) is 10.4. The number of hydrogen-bond donors (Lipinski definition) is 1. The van der Waals surface area contributed by atoms with Crippen molar-refractivity contribution >= 4 is 27.5 Å². The smallest absolute Gasteiger partial charge is 0.147 e. The lowest BCUT2D eigenvalue weighted by Crippen LogP contribution is -2.54. The molecule has 0 fully saturated rings. The van der Waals surface area contributed by atoms with Gasteiger partial charge in [-0.1, -0.05) is 38.4 Å². The summed E-state index contributed by atoms with van der Waals surface area (Å²) in [6.07, 6.45) is 0.910. The second kappa shape index (κ2) is 7.91. The van der Waals surface area contributed by atoms with E-state index in [1.165, 1.54) is 0 Å². The van der Waals surface area contributed by atoms with Gasteiger partial charge in [0.05, 0.1) is 11.1 Å². The van der Waals surface area contributed by atoms with Gasteiger partial charge in [0.25, 0.3) is 0 Å². The molecule has 0 amide bonds. The minimum absolute atomic E-state index is 0.131. The molecule has 1 N–H and O–H groups in total. The molecule has 21 heavy (non-hydrogen) atoms. The van der Waals surface area contributed by atoms with Crippen LogP contribution in [0.1, 0.15) is 45.7 Å². The van der Waals surface area contributed by atoms with E-state index >= 15 is 0 Å². The summed E-state index contributed by atoms with van der Waals surface area (Å²) in [6, 6.07) is 3.49. The third kappa shape index (κ3) is 3.61. The van der Waals surface area contributed by atoms with Crippen molar-refractivity contribution in [2.45, 2.75) is 45.7 Å². The number of nitrogens with zero attached hydrogens (tertiary/aromatic N) is 1. The average molecular weight is 380 g/mol. The Balaban J connectivity index is 3.38. The van der Waals surface area contributed by atoms with Gasteiger partial charge in [0.2, 0.25) is 0 Å². The van der Waals surface area contributed by atoms with Crippen LogP contribution in [0, 0.1) is 5.82 Å². The molecule has 0 heterocycles. The zero-order valence-electron chi connectivity index (χ0n) is 13.4. The summed E-state index contributed by atoms with van der Waals surface area (Å²) >= 11 is 9.33. The normalized spacial score (nSPS) is 16.0. The van der Waals surface area contributed by atoms with Crippen LogP contribution in [-0.4, -0.2) is 30.6 Å². The Morgan fingerprint density at radius 3 is 2.33 bits per heavy atom. The Kier molecular flexibility index (Phi) is 7.11. The van der Waals surface area contributed by atoms with Gasteiger partial charge in [0.1, 0.15) is 5.82 Å². The van der Waals surface area contributed by atoms with Gasteiger partial charge in [-0.05, 0) is 55.5 Å². The van der Waals surface area contributed by atoms with E-state index in [9.17, 15) is 4.39 Å². The van der Waals surface area contributed by atoms with Gasteiger partial charge < -0.3 is 5.32 Å². The number of hydrogen-bond acceptors (Lipinski definition) is 2. The lowest BCUT2D eigenvalue weighted by molar-refractivity contribution is 0.0714. The first kappa shape index (κ1) is 18.9. The lowest BCUT2D eigenvalue weighted by Gasteiger charge is -2.46. The van der Waals surface area contributed by atoms with E-state index in [-0.39, 0.29) is 22.4 Å². The molecule has 120 valence electrons. The van der Waals surface area contributed by atoms with E-state index in [0.717, 1.165) is 19.5 Å². The molecule has 0 spiro atoms. The molecule has 1 aromatic carbocycles. The third-order valence-electron chi connectivity index (χ3n) is 4.49. The average Bonchev–Trinajstić information content (AvgIpc) is 2.49. The molecule has 0 saturated heterocycles. The van der Waals surface area contributed by atoms with Crippen LogP contribution in [0.15, 0.2) is 16.6 Å². The summed E-state index contributed by atoms with van der Waals surface area (Å²) < 4.78 is 15.2. The van der Waals surface area contributed by atoms with Gasteiger partial charge in [-0.25, -0.2) is 4.39 Å². The quantitative estimate of drug-likeness (QED) is 0.670. The first-order valence-electron chi connectivity index (χ1n) is 7.42. The van der Waals surface area contributed by atoms with Crippen molar-refractivity contribution in [2.75, 3.05) is 20.1 Å². The van der Waals surface area contributed by atoms with Crippen LogP contribution in [0.2, 0.25) is 5.02 Å². The van der Waals surface area contributed by atoms with Crippen LogP contribution >= 0.6 is 27.5 Å². The van der Waals surface area contributed by atoms with E-state index in [0.29, 0.717) is 10.0 Å². The number of rotatable bonds is 7. The fraction of sp³-hybridized carbons (Fsp3) is 0.625. The maximum Gasteiger partial charge on any atom is 0.147 e. The number of likely N-dealkylation sites (N-methyl/N-ethyl adjacent to an activating group) is 2. The van der Waals surface area contributed by atoms with Gasteiger partial charge in [-0.2, -0.15) is 0 Å². The first-order chi connectivity index (χ1) is 9.87. The fourth-order valence-electron chi connectivity index (χ4n) is 3.12. The summed E-state index contributed by atoms with van der Waals surface area (Å²) in [5.74, 6) is -0.350. The van der Waals surface area contributed by atoms with Crippen molar-refractivity contribution in [3.63, 3.8) is 0 Å². The maximum atomic E-state index is 14.6. The van der Waals surface area contributed by atoms with Gasteiger partial charge >= 0.3 is 0 Å². The SMILES string of the molecule is CCN(CC)C(C)(CC)C(NC)c1ccc(Br)c(Cl)c1F. The molecule has 1 aromatic rings. The Labute approximate surface area is 141 Å². The lowest BCUT2D eigenvalue weighted by atomic mass is 9.82. The minimum Gasteiger partial charge on any atom is -0.311 e. The predicted octanol–water partition coefficient (Wildman–Crippen LogP) is 5.01. The second-order valence-corrected chi connectivity index (χ2v) is 6.60. The highest BCUT2D eigenvalue weighted by atomic mass is 79.9. The highest BCUT2D eigenvalue weighted by Gasteiger charge is 2.38. The second-order valence-electron chi connectivity index (χ2n) is 5.37. The van der Waals surface area contributed by atoms with Gasteiger partial charge in [0.15, 0.2) is 0 Å². The summed E-state index contributed by atoms with van der Waals surface area (Å²) in [5.41, 5.74) is 0.429. The van der Waals surface area contributed by atoms with E-state index in [1.807, 2.05) is 19.2 Å². The van der Waals surface area contributed by atoms with Crippen molar-refractivity contribution in [3.05, 3.63) is 33.0 Å². The highest BCUT2D eigenvalue weighted by Crippen LogP contribution is 2.38. The predicted molar refractivity (Wildman–Crippen MR) is 92.5 cm³/mol. The van der Waals surface area contributed by atoms with Crippen molar-refractivity contribution in [3.8, 4) is 0 Å². The Morgan fingerprint density at radius 1 is 1.33 bits per heavy atom. The monoisotopic (exact) mass is 378 g/mol. The molecule has 1 rings (SSSR count). The van der Waals surface area contributed by atoms with E-state index in [2.05, 4.69) is 53.8 Å². The largest absolute Gasteiger partial charge is 0.311 e. The summed E-state index contributed by atoms with van der Waals surface area (Å²) in [4.78, 5) is 2.36. The molecule has 0 aliphatic heterocycles. The van der Waals surface area contributed by atoms with Crippen molar-refractivity contribution in [1.82, 2.24) is 10.2 Å². The molecule has 0 bridgehead atoms. The molecular weight excluding hydrogens is 355 g/mol. The number of nitrogens with one attached hydrogen (secondary N) is 1. The molecule has 2 atom stereocenters. The van der Waals surface area contributed by atoms with Gasteiger partial charge in [0, 0.05) is 15.6 Å². The van der Waals surface area contributed by atoms with Crippen molar-refractivity contribution < 1.29 is 4.39 Å². The van der Waals surface area contributed by atoms with Gasteiger partial charge in [-0.3, -0.25) is 4.90 Å². The fourth-order valence-corrected chi connectivity index (χ4v) is 3.60. The number of benzene rings is 1. The molecule has 0 radical (unpaired) electrons. The Bertz CT molecular complexity index is 480. The van der Waals surface area contributed by atoms with Crippen LogP contribution in [0.4, 0.5) is 4.39 Å². The topological polar surface area (TPSA) is 15.3 Å². The van der Waals surface area contributed by atoms with Crippen LogP contribution in [-0.2, 0) is 0 Å². The van der Waals surface area contributed by atoms with Gasteiger partial charge in [-0.15, -0.1) is 0 Å².